The SMILES string of the molecule is Fc1c(C(F)(F)F)[nH]ccc1=S. The second kappa shape index (κ2) is 2.85. The standard InChI is InChI=1S/C6H3F4NS/c7-4-3(12)1-2-11-5(4)6(8,9)10/h1-2H,(H,11,12). The molecule has 0 aliphatic heterocycles. The van der Waals surface area contributed by atoms with Crippen LogP contribution in [0.5, 0.6) is 0 Å². The second-order valence-electron chi connectivity index (χ2n) is 2.03. The summed E-state index contributed by atoms with van der Waals surface area (Å²) < 4.78 is 47.9. The summed E-state index contributed by atoms with van der Waals surface area (Å²) in [6.07, 6.45) is -3.77. The third-order valence-electron chi connectivity index (χ3n) is 1.18. The van der Waals surface area contributed by atoms with E-state index in [2.05, 4.69) is 12.2 Å². The molecule has 1 aromatic heterocycles. The molecule has 1 heterocycles. The molecule has 1 rings (SSSR count). The molecule has 1 N–H and O–H groups in total. The van der Waals surface area contributed by atoms with Crippen LogP contribution in [0.4, 0.5) is 17.6 Å². The molecule has 66 valence electrons. The van der Waals surface area contributed by atoms with Crippen molar-refractivity contribution in [3.63, 3.8) is 0 Å². The van der Waals surface area contributed by atoms with E-state index in [0.29, 0.717) is 0 Å². The molecule has 0 amide bonds. The van der Waals surface area contributed by atoms with Gasteiger partial charge in [-0.1, -0.05) is 12.2 Å². The minimum atomic E-state index is -4.72. The van der Waals surface area contributed by atoms with Gasteiger partial charge in [0.2, 0.25) is 0 Å². The van der Waals surface area contributed by atoms with E-state index < -0.39 is 22.2 Å². The highest BCUT2D eigenvalue weighted by molar-refractivity contribution is 7.71. The number of rotatable bonds is 0. The van der Waals surface area contributed by atoms with Crippen molar-refractivity contribution >= 4 is 12.2 Å². The second-order valence-corrected chi connectivity index (χ2v) is 2.47. The third kappa shape index (κ3) is 1.63. The van der Waals surface area contributed by atoms with Crippen molar-refractivity contribution in [1.29, 1.82) is 0 Å². The molecule has 0 aromatic carbocycles. The van der Waals surface area contributed by atoms with Crippen molar-refractivity contribution in [2.45, 2.75) is 6.18 Å². The van der Waals surface area contributed by atoms with Crippen LogP contribution in [0, 0.1) is 10.3 Å². The van der Waals surface area contributed by atoms with Gasteiger partial charge in [0.25, 0.3) is 0 Å². The Morgan fingerprint density at radius 1 is 1.33 bits per heavy atom. The summed E-state index contributed by atoms with van der Waals surface area (Å²) in [5.74, 6) is -1.43. The van der Waals surface area contributed by atoms with Crippen LogP contribution in [0.2, 0.25) is 0 Å². The summed E-state index contributed by atoms with van der Waals surface area (Å²) in [7, 11) is 0. The minimum Gasteiger partial charge on any atom is -0.355 e. The molecule has 0 spiro atoms. The summed E-state index contributed by atoms with van der Waals surface area (Å²) in [6, 6.07) is 1.06. The van der Waals surface area contributed by atoms with E-state index in [-0.39, 0.29) is 0 Å². The fraction of sp³-hybridized carbons (Fsp3) is 0.167. The van der Waals surface area contributed by atoms with Crippen molar-refractivity contribution < 1.29 is 17.6 Å². The highest BCUT2D eigenvalue weighted by Crippen LogP contribution is 2.29. The number of aromatic nitrogens is 1. The van der Waals surface area contributed by atoms with Gasteiger partial charge < -0.3 is 4.98 Å². The zero-order valence-electron chi connectivity index (χ0n) is 5.57. The van der Waals surface area contributed by atoms with Gasteiger partial charge in [-0.3, -0.25) is 0 Å². The van der Waals surface area contributed by atoms with Crippen LogP contribution in [-0.2, 0) is 6.18 Å². The average molecular weight is 197 g/mol. The number of aromatic amines is 1. The molecule has 0 bridgehead atoms. The van der Waals surface area contributed by atoms with Crippen LogP contribution in [0.3, 0.4) is 0 Å². The number of alkyl halides is 3. The number of hydrogen-bond acceptors (Lipinski definition) is 1. The van der Waals surface area contributed by atoms with Gasteiger partial charge in [-0.25, -0.2) is 4.39 Å². The summed E-state index contributed by atoms with van der Waals surface area (Å²) in [4.78, 5) is 1.75. The van der Waals surface area contributed by atoms with Gasteiger partial charge in [-0.2, -0.15) is 13.2 Å². The Hall–Kier alpha value is -0.910. The minimum absolute atomic E-state index is 0.443. The van der Waals surface area contributed by atoms with Gasteiger partial charge in [0.1, 0.15) is 0 Å². The van der Waals surface area contributed by atoms with Crippen LogP contribution in [-0.4, -0.2) is 4.98 Å². The van der Waals surface area contributed by atoms with E-state index in [1.807, 2.05) is 0 Å². The van der Waals surface area contributed by atoms with Gasteiger partial charge in [0.15, 0.2) is 11.5 Å². The topological polar surface area (TPSA) is 15.8 Å². The Labute approximate surface area is 70.0 Å². The fourth-order valence-electron chi connectivity index (χ4n) is 0.667. The van der Waals surface area contributed by atoms with Crippen molar-refractivity contribution in [1.82, 2.24) is 4.98 Å². The molecular weight excluding hydrogens is 194 g/mol. The van der Waals surface area contributed by atoms with Gasteiger partial charge in [-0.15, -0.1) is 0 Å². The number of nitrogens with one attached hydrogen (secondary N) is 1. The fourth-order valence-corrected chi connectivity index (χ4v) is 0.837. The van der Waals surface area contributed by atoms with Crippen molar-refractivity contribution in [3.05, 3.63) is 28.3 Å². The lowest BCUT2D eigenvalue weighted by Gasteiger charge is -2.06. The summed E-state index contributed by atoms with van der Waals surface area (Å²) in [6.45, 7) is 0. The Kier molecular flexibility index (Phi) is 2.18. The normalized spacial score (nSPS) is 11.7. The summed E-state index contributed by atoms with van der Waals surface area (Å²) in [5.41, 5.74) is -1.44. The maximum atomic E-state index is 12.6. The quantitative estimate of drug-likeness (QED) is 0.499. The maximum Gasteiger partial charge on any atom is 0.434 e. The summed E-state index contributed by atoms with van der Waals surface area (Å²) >= 11 is 4.31. The van der Waals surface area contributed by atoms with Gasteiger partial charge in [0, 0.05) is 6.20 Å². The predicted octanol–water partition coefficient (Wildman–Crippen LogP) is 2.90. The number of pyridine rings is 1. The number of hydrogen-bond donors (Lipinski definition) is 1. The smallest absolute Gasteiger partial charge is 0.355 e. The van der Waals surface area contributed by atoms with Crippen LogP contribution < -0.4 is 0 Å². The zero-order chi connectivity index (χ0) is 9.35. The van der Waals surface area contributed by atoms with Crippen LogP contribution >= 0.6 is 12.2 Å². The van der Waals surface area contributed by atoms with Crippen molar-refractivity contribution in [3.8, 4) is 0 Å². The van der Waals surface area contributed by atoms with E-state index in [9.17, 15) is 17.6 Å². The molecule has 0 aliphatic rings. The molecule has 0 radical (unpaired) electrons. The molecule has 0 atom stereocenters. The molecule has 0 aliphatic carbocycles. The molecule has 0 saturated carbocycles. The first-order valence-corrected chi connectivity index (χ1v) is 3.28. The molecule has 0 fully saturated rings. The lowest BCUT2D eigenvalue weighted by Crippen LogP contribution is -2.10. The summed E-state index contributed by atoms with van der Waals surface area (Å²) in [5, 5.41) is 0. The Balaban J connectivity index is 3.36. The number of H-pyrrole nitrogens is 1. The lowest BCUT2D eigenvalue weighted by molar-refractivity contribution is -0.143. The molecular formula is C6H3F4NS. The molecule has 1 aromatic rings. The van der Waals surface area contributed by atoms with Gasteiger partial charge in [0.05, 0.1) is 4.51 Å². The molecule has 6 heteroatoms. The molecule has 0 unspecified atom stereocenters. The van der Waals surface area contributed by atoms with Crippen LogP contribution in [0.25, 0.3) is 0 Å². The largest absolute Gasteiger partial charge is 0.434 e. The maximum absolute atomic E-state index is 12.6. The van der Waals surface area contributed by atoms with Crippen LogP contribution in [0.1, 0.15) is 5.69 Å². The van der Waals surface area contributed by atoms with Crippen molar-refractivity contribution in [2.24, 2.45) is 0 Å². The van der Waals surface area contributed by atoms with E-state index in [1.165, 1.54) is 0 Å². The predicted molar refractivity (Wildman–Crippen MR) is 36.6 cm³/mol. The van der Waals surface area contributed by atoms with E-state index in [1.54, 1.807) is 4.98 Å². The van der Waals surface area contributed by atoms with Crippen LogP contribution in [0.15, 0.2) is 12.3 Å². The van der Waals surface area contributed by atoms with Gasteiger partial charge >= 0.3 is 6.18 Å². The van der Waals surface area contributed by atoms with E-state index in [4.69, 9.17) is 0 Å². The zero-order valence-corrected chi connectivity index (χ0v) is 6.39. The highest BCUT2D eigenvalue weighted by atomic mass is 32.1. The number of halogens is 4. The molecule has 1 nitrogen and oxygen atoms in total. The Bertz CT molecular complexity index is 340. The molecule has 12 heavy (non-hydrogen) atoms. The van der Waals surface area contributed by atoms with E-state index in [0.717, 1.165) is 12.3 Å². The lowest BCUT2D eigenvalue weighted by atomic mass is 10.3. The first kappa shape index (κ1) is 9.18. The Morgan fingerprint density at radius 2 is 1.92 bits per heavy atom. The monoisotopic (exact) mass is 197 g/mol. The van der Waals surface area contributed by atoms with Gasteiger partial charge in [-0.05, 0) is 6.07 Å². The first-order valence-electron chi connectivity index (χ1n) is 2.87. The highest BCUT2D eigenvalue weighted by Gasteiger charge is 2.35. The first-order chi connectivity index (χ1) is 5.43. The molecule has 0 saturated heterocycles. The average Bonchev–Trinajstić information content (AvgIpc) is 1.92. The van der Waals surface area contributed by atoms with Crippen molar-refractivity contribution in [2.75, 3.05) is 0 Å². The van der Waals surface area contributed by atoms with E-state index >= 15 is 0 Å². The third-order valence-corrected chi connectivity index (χ3v) is 1.50. The Morgan fingerprint density at radius 3 is 2.33 bits per heavy atom.